The summed E-state index contributed by atoms with van der Waals surface area (Å²) in [4.78, 5) is 11.9. The lowest BCUT2D eigenvalue weighted by molar-refractivity contribution is 0.0936. The van der Waals surface area contributed by atoms with E-state index in [0.29, 0.717) is 23.7 Å². The van der Waals surface area contributed by atoms with Gasteiger partial charge >= 0.3 is 0 Å². The van der Waals surface area contributed by atoms with Crippen molar-refractivity contribution in [3.05, 3.63) is 41.0 Å². The Balaban J connectivity index is 2.01. The van der Waals surface area contributed by atoms with Crippen molar-refractivity contribution in [3.63, 3.8) is 0 Å². The van der Waals surface area contributed by atoms with Crippen LogP contribution in [0.1, 0.15) is 23.8 Å². The molecule has 0 radical (unpaired) electrons. The number of hydrogen-bond acceptors (Lipinski definition) is 4. The molecule has 2 aromatic rings. The van der Waals surface area contributed by atoms with E-state index in [-0.39, 0.29) is 24.1 Å². The molecule has 1 amide bonds. The molecule has 1 aromatic carbocycles. The predicted octanol–water partition coefficient (Wildman–Crippen LogP) is 2.74. The lowest BCUT2D eigenvalue weighted by atomic mass is 10.1. The quantitative estimate of drug-likeness (QED) is 0.860. The summed E-state index contributed by atoms with van der Waals surface area (Å²) in [6.07, 6.45) is 0.646. The number of nitrogens with one attached hydrogen (secondary N) is 1. The van der Waals surface area contributed by atoms with Crippen LogP contribution in [0.4, 0.5) is 0 Å². The van der Waals surface area contributed by atoms with E-state index in [1.54, 1.807) is 24.3 Å². The van der Waals surface area contributed by atoms with E-state index in [4.69, 9.17) is 21.2 Å². The molecular weight excluding hydrogens is 292 g/mol. The molecule has 1 unspecified atom stereocenters. The van der Waals surface area contributed by atoms with Crippen LogP contribution in [0.2, 0.25) is 5.02 Å². The molecule has 1 aromatic heterocycles. The minimum atomic E-state index is -0.295. The number of carbonyl (C=O) groups is 1. The van der Waals surface area contributed by atoms with Gasteiger partial charge in [0.15, 0.2) is 11.5 Å². The van der Waals surface area contributed by atoms with Gasteiger partial charge in [0.25, 0.3) is 5.91 Å². The van der Waals surface area contributed by atoms with E-state index in [1.165, 1.54) is 0 Å². The van der Waals surface area contributed by atoms with E-state index < -0.39 is 0 Å². The number of amides is 1. The monoisotopic (exact) mass is 308 g/mol. The molecule has 0 saturated carbocycles. The van der Waals surface area contributed by atoms with Gasteiger partial charge in [-0.05, 0) is 24.5 Å². The second-order valence-corrected chi connectivity index (χ2v) is 5.35. The van der Waals surface area contributed by atoms with Crippen LogP contribution < -0.4 is 5.32 Å². The molecule has 112 valence electrons. The van der Waals surface area contributed by atoms with E-state index in [9.17, 15) is 4.79 Å². The van der Waals surface area contributed by atoms with Crippen LogP contribution >= 0.6 is 11.6 Å². The first-order valence-electron chi connectivity index (χ1n) is 6.72. The molecule has 0 fully saturated rings. The normalized spacial score (nSPS) is 12.1. The Morgan fingerprint density at radius 3 is 3.00 bits per heavy atom. The highest BCUT2D eigenvalue weighted by Gasteiger charge is 2.14. The number of aromatic nitrogens is 1. The second kappa shape index (κ2) is 7.24. The number of nitrogens with zero attached hydrogens (tertiary/aromatic N) is 1. The lowest BCUT2D eigenvalue weighted by Gasteiger charge is -2.09. The molecule has 0 bridgehead atoms. The third kappa shape index (κ3) is 4.31. The van der Waals surface area contributed by atoms with E-state index in [1.807, 2.05) is 13.0 Å². The number of aliphatic hydroxyl groups excluding tert-OH is 1. The van der Waals surface area contributed by atoms with Crippen molar-refractivity contribution in [1.82, 2.24) is 10.5 Å². The van der Waals surface area contributed by atoms with Crippen LogP contribution in [0.15, 0.2) is 34.9 Å². The van der Waals surface area contributed by atoms with Crippen molar-refractivity contribution in [2.24, 2.45) is 5.92 Å². The topological polar surface area (TPSA) is 75.4 Å². The summed E-state index contributed by atoms with van der Waals surface area (Å²) < 4.78 is 5.17. The maximum atomic E-state index is 11.9. The van der Waals surface area contributed by atoms with Gasteiger partial charge in [0.05, 0.1) is 0 Å². The fraction of sp³-hybridized carbons (Fsp3) is 0.333. The van der Waals surface area contributed by atoms with Crippen molar-refractivity contribution in [1.29, 1.82) is 0 Å². The van der Waals surface area contributed by atoms with Gasteiger partial charge in [-0.25, -0.2) is 0 Å². The van der Waals surface area contributed by atoms with Gasteiger partial charge in [-0.2, -0.15) is 0 Å². The van der Waals surface area contributed by atoms with Crippen LogP contribution in [0.5, 0.6) is 0 Å². The molecule has 5 nitrogen and oxygen atoms in total. The average Bonchev–Trinajstić information content (AvgIpc) is 2.95. The zero-order valence-electron chi connectivity index (χ0n) is 11.7. The lowest BCUT2D eigenvalue weighted by Crippen LogP contribution is -2.28. The summed E-state index contributed by atoms with van der Waals surface area (Å²) in [5.74, 6) is 0.404. The van der Waals surface area contributed by atoms with E-state index in [0.717, 1.165) is 5.56 Å². The molecule has 1 atom stereocenters. The Morgan fingerprint density at radius 1 is 1.48 bits per heavy atom. The van der Waals surface area contributed by atoms with E-state index >= 15 is 0 Å². The fourth-order valence-electron chi connectivity index (χ4n) is 1.84. The van der Waals surface area contributed by atoms with Crippen molar-refractivity contribution in [2.45, 2.75) is 13.3 Å². The standard InChI is InChI=1S/C15H17ClN2O3/c1-10(5-6-19)9-17-15(20)13-8-14(21-18-13)11-3-2-4-12(16)7-11/h2-4,7-8,10,19H,5-6,9H2,1H3,(H,17,20). The van der Waals surface area contributed by atoms with Crippen LogP contribution in [0.25, 0.3) is 11.3 Å². The first-order chi connectivity index (χ1) is 10.1. The third-order valence-electron chi connectivity index (χ3n) is 3.08. The summed E-state index contributed by atoms with van der Waals surface area (Å²) in [5.41, 5.74) is 0.990. The SMILES string of the molecule is CC(CCO)CNC(=O)c1cc(-c2cccc(Cl)c2)on1. The Bertz CT molecular complexity index is 612. The maximum absolute atomic E-state index is 11.9. The Labute approximate surface area is 127 Å². The highest BCUT2D eigenvalue weighted by atomic mass is 35.5. The molecule has 0 aliphatic carbocycles. The van der Waals surface area contributed by atoms with Crippen LogP contribution in [0.3, 0.4) is 0 Å². The van der Waals surface area contributed by atoms with Crippen molar-refractivity contribution >= 4 is 17.5 Å². The number of halogens is 1. The first kappa shape index (κ1) is 15.5. The summed E-state index contributed by atoms with van der Waals surface area (Å²) in [5, 5.41) is 15.9. The second-order valence-electron chi connectivity index (χ2n) is 4.91. The summed E-state index contributed by atoms with van der Waals surface area (Å²) in [6, 6.07) is 8.72. The summed E-state index contributed by atoms with van der Waals surface area (Å²) in [6.45, 7) is 2.55. The molecule has 0 aliphatic heterocycles. The molecule has 2 N–H and O–H groups in total. The highest BCUT2D eigenvalue weighted by molar-refractivity contribution is 6.30. The Kier molecular flexibility index (Phi) is 5.36. The van der Waals surface area contributed by atoms with Gasteiger partial charge in [-0.15, -0.1) is 0 Å². The zero-order valence-corrected chi connectivity index (χ0v) is 12.4. The number of benzene rings is 1. The average molecular weight is 309 g/mol. The third-order valence-corrected chi connectivity index (χ3v) is 3.32. The minimum Gasteiger partial charge on any atom is -0.396 e. The molecule has 0 saturated heterocycles. The maximum Gasteiger partial charge on any atom is 0.273 e. The van der Waals surface area contributed by atoms with Crippen LogP contribution in [-0.4, -0.2) is 29.3 Å². The molecule has 6 heteroatoms. The predicted molar refractivity (Wildman–Crippen MR) is 80.1 cm³/mol. The van der Waals surface area contributed by atoms with E-state index in [2.05, 4.69) is 10.5 Å². The molecule has 0 spiro atoms. The Hall–Kier alpha value is -1.85. The smallest absolute Gasteiger partial charge is 0.273 e. The van der Waals surface area contributed by atoms with Gasteiger partial charge in [-0.3, -0.25) is 4.79 Å². The van der Waals surface area contributed by atoms with Crippen LogP contribution in [0, 0.1) is 5.92 Å². The van der Waals surface area contributed by atoms with Gasteiger partial charge in [0, 0.05) is 29.8 Å². The number of rotatable bonds is 6. The van der Waals surface area contributed by atoms with Crippen molar-refractivity contribution < 1.29 is 14.4 Å². The van der Waals surface area contributed by atoms with Gasteiger partial charge in [0.1, 0.15) is 0 Å². The summed E-state index contributed by atoms with van der Waals surface area (Å²) >= 11 is 5.92. The summed E-state index contributed by atoms with van der Waals surface area (Å²) in [7, 11) is 0. The van der Waals surface area contributed by atoms with Gasteiger partial charge < -0.3 is 14.9 Å². The first-order valence-corrected chi connectivity index (χ1v) is 7.09. The molecule has 0 aliphatic rings. The largest absolute Gasteiger partial charge is 0.396 e. The molecule has 21 heavy (non-hydrogen) atoms. The molecule has 1 heterocycles. The van der Waals surface area contributed by atoms with Gasteiger partial charge in [0.2, 0.25) is 0 Å². The Morgan fingerprint density at radius 2 is 2.29 bits per heavy atom. The number of aliphatic hydroxyl groups is 1. The van der Waals surface area contributed by atoms with Gasteiger partial charge in [-0.1, -0.05) is 35.8 Å². The van der Waals surface area contributed by atoms with Crippen molar-refractivity contribution in [3.8, 4) is 11.3 Å². The number of carbonyl (C=O) groups excluding carboxylic acids is 1. The van der Waals surface area contributed by atoms with Crippen molar-refractivity contribution in [2.75, 3.05) is 13.2 Å². The highest BCUT2D eigenvalue weighted by Crippen LogP contribution is 2.23. The van der Waals surface area contributed by atoms with Crippen LogP contribution in [-0.2, 0) is 0 Å². The number of hydrogen-bond donors (Lipinski definition) is 2. The fourth-order valence-corrected chi connectivity index (χ4v) is 2.03. The molecule has 2 rings (SSSR count). The minimum absolute atomic E-state index is 0.111. The molecular formula is C15H17ClN2O3. The zero-order chi connectivity index (χ0) is 15.2.